The summed E-state index contributed by atoms with van der Waals surface area (Å²) in [5.74, 6) is 0. The Balaban J connectivity index is 1.01. The second kappa shape index (κ2) is 19.5. The normalized spacial score (nSPS) is 12.4. The zero-order valence-electron chi connectivity index (χ0n) is 50.5. The lowest BCUT2D eigenvalue weighted by atomic mass is 9.81. The molecule has 17 rings (SSSR count). The van der Waals surface area contributed by atoms with Gasteiger partial charge in [-0.3, -0.25) is 0 Å². The topological polar surface area (TPSA) is 9.86 Å². The highest BCUT2D eigenvalue weighted by Crippen LogP contribution is 2.50. The van der Waals surface area contributed by atoms with Crippen LogP contribution in [0, 0.1) is 0 Å². The Morgan fingerprint density at radius 3 is 0.932 bits per heavy atom. The molecule has 0 aliphatic rings. The van der Waals surface area contributed by atoms with Gasteiger partial charge in [0.25, 0.3) is 0 Å². The van der Waals surface area contributed by atoms with Crippen molar-refractivity contribution >= 4 is 108 Å². The average molecular weight is 1130 g/mol. The van der Waals surface area contributed by atoms with Crippen LogP contribution in [0.15, 0.2) is 279 Å². The number of hydrogen-bond acceptors (Lipinski definition) is 0. The largest absolute Gasteiger partial charge is 0.309 e. The number of benzene rings is 15. The van der Waals surface area contributed by atoms with Crippen LogP contribution in [0.1, 0.15) is 52.7 Å². The Hall–Kier alpha value is -10.5. The summed E-state index contributed by atoms with van der Waals surface area (Å²) in [6.07, 6.45) is 0. The molecule has 0 aliphatic heterocycles. The molecule has 2 heterocycles. The standard InChI is InChI=1S/C86H64N2/c1-85(2,3)57-35-39-59(40-36-57)87-81-29-17-15-27-69(81)79-47-55(33-45-83(79)87)71-49-78(76-52-74-62-22-10-8-20-54(62)32-44-68(74)64-24-12-14-26-66(64)76)72(50-77(71)75-51-73-61-21-9-7-19-53(61)31-43-67(73)63-23-11-13-25-65(63)75)56-34-46-84-80(48-56)70-28-16-18-30-82(70)88(84)60-41-37-58(38-42-60)86(4,5)6/h7-52H,1-6H3. The summed E-state index contributed by atoms with van der Waals surface area (Å²) in [5.41, 5.74) is 19.2. The number of hydrogen-bond donors (Lipinski definition) is 0. The molecule has 0 bridgehead atoms. The maximum absolute atomic E-state index is 2.57. The van der Waals surface area contributed by atoms with E-state index in [1.165, 1.54) is 153 Å². The molecule has 0 N–H and O–H groups in total. The summed E-state index contributed by atoms with van der Waals surface area (Å²) in [5, 5.41) is 19.8. The monoisotopic (exact) mass is 1120 g/mol. The molecule has 0 saturated carbocycles. The van der Waals surface area contributed by atoms with Crippen LogP contribution in [0.4, 0.5) is 0 Å². The van der Waals surface area contributed by atoms with E-state index >= 15 is 0 Å². The van der Waals surface area contributed by atoms with Crippen LogP contribution in [0.3, 0.4) is 0 Å². The highest BCUT2D eigenvalue weighted by Gasteiger charge is 2.25. The summed E-state index contributed by atoms with van der Waals surface area (Å²) < 4.78 is 4.91. The molecular weight excluding hydrogens is 1060 g/mol. The van der Waals surface area contributed by atoms with Gasteiger partial charge < -0.3 is 9.13 Å². The third-order valence-corrected chi connectivity index (χ3v) is 19.2. The van der Waals surface area contributed by atoms with Gasteiger partial charge in [-0.15, -0.1) is 0 Å². The van der Waals surface area contributed by atoms with Crippen molar-refractivity contribution in [2.24, 2.45) is 0 Å². The molecule has 0 saturated heterocycles. The van der Waals surface area contributed by atoms with Gasteiger partial charge in [0.15, 0.2) is 0 Å². The molecule has 0 unspecified atom stereocenters. The van der Waals surface area contributed by atoms with Crippen molar-refractivity contribution in [3.05, 3.63) is 290 Å². The first-order valence-electron chi connectivity index (χ1n) is 31.1. The maximum Gasteiger partial charge on any atom is 0.0541 e. The summed E-state index contributed by atoms with van der Waals surface area (Å²) in [7, 11) is 0. The molecule has 2 aromatic heterocycles. The molecule has 418 valence electrons. The Labute approximate surface area is 512 Å². The van der Waals surface area contributed by atoms with Gasteiger partial charge >= 0.3 is 0 Å². The van der Waals surface area contributed by atoms with Gasteiger partial charge in [-0.1, -0.05) is 236 Å². The number of fused-ring (bicyclic) bond motifs is 16. The fraction of sp³-hybridized carbons (Fsp3) is 0.0930. The molecule has 17 aromatic rings. The van der Waals surface area contributed by atoms with Crippen molar-refractivity contribution in [3.63, 3.8) is 0 Å². The Morgan fingerprint density at radius 1 is 0.205 bits per heavy atom. The molecule has 88 heavy (non-hydrogen) atoms. The molecule has 0 amide bonds. The van der Waals surface area contributed by atoms with Crippen LogP contribution >= 0.6 is 0 Å². The smallest absolute Gasteiger partial charge is 0.0541 e. The summed E-state index contributed by atoms with van der Waals surface area (Å²) in [6.45, 7) is 13.7. The molecule has 2 nitrogen and oxygen atoms in total. The van der Waals surface area contributed by atoms with E-state index in [9.17, 15) is 0 Å². The van der Waals surface area contributed by atoms with Gasteiger partial charge in [0.1, 0.15) is 0 Å². The van der Waals surface area contributed by atoms with Crippen molar-refractivity contribution in [3.8, 4) is 55.9 Å². The van der Waals surface area contributed by atoms with Crippen molar-refractivity contribution in [1.29, 1.82) is 0 Å². The molecule has 0 spiro atoms. The van der Waals surface area contributed by atoms with E-state index in [2.05, 4.69) is 330 Å². The first-order valence-corrected chi connectivity index (χ1v) is 31.1. The fourth-order valence-electron chi connectivity index (χ4n) is 14.7. The summed E-state index contributed by atoms with van der Waals surface area (Å²) in [6, 6.07) is 106. The number of nitrogens with zero attached hydrogens (tertiary/aromatic N) is 2. The van der Waals surface area contributed by atoms with E-state index in [1.807, 2.05) is 0 Å². The van der Waals surface area contributed by atoms with Gasteiger partial charge in [0, 0.05) is 32.9 Å². The zero-order valence-corrected chi connectivity index (χ0v) is 50.5. The molecule has 0 fully saturated rings. The SMILES string of the molecule is CC(C)(C)c1ccc(-n2c3ccccc3c3cc(-c4cc(-c5cc6c7ccccc7ccc6c6ccccc56)c(-c5ccc6c(c5)c5ccccc5n6-c5ccc(C(C)(C)C)cc5)cc4-c4cc5c6ccccc6ccc5c5ccccc45)ccc32)cc1. The number of aromatic nitrogens is 2. The van der Waals surface area contributed by atoms with Crippen LogP contribution in [0.25, 0.3) is 164 Å². The predicted octanol–water partition coefficient (Wildman–Crippen LogP) is 24.1. The molecule has 0 aliphatic carbocycles. The van der Waals surface area contributed by atoms with E-state index in [0.717, 1.165) is 22.5 Å². The van der Waals surface area contributed by atoms with Crippen LogP contribution < -0.4 is 0 Å². The molecule has 0 atom stereocenters. The minimum Gasteiger partial charge on any atom is -0.309 e. The first-order chi connectivity index (χ1) is 42.9. The fourth-order valence-corrected chi connectivity index (χ4v) is 14.7. The summed E-state index contributed by atoms with van der Waals surface area (Å²) >= 11 is 0. The lowest BCUT2D eigenvalue weighted by Crippen LogP contribution is -2.10. The number of para-hydroxylation sites is 2. The van der Waals surface area contributed by atoms with Gasteiger partial charge in [-0.25, -0.2) is 0 Å². The lowest BCUT2D eigenvalue weighted by molar-refractivity contribution is 0.590. The van der Waals surface area contributed by atoms with Crippen molar-refractivity contribution in [2.75, 3.05) is 0 Å². The Kier molecular flexibility index (Phi) is 11.5. The number of rotatable bonds is 6. The molecule has 15 aromatic carbocycles. The summed E-state index contributed by atoms with van der Waals surface area (Å²) in [4.78, 5) is 0. The second-order valence-corrected chi connectivity index (χ2v) is 26.4. The molecular formula is C86H64N2. The highest BCUT2D eigenvalue weighted by atomic mass is 15.0. The van der Waals surface area contributed by atoms with E-state index in [4.69, 9.17) is 0 Å². The second-order valence-electron chi connectivity index (χ2n) is 26.4. The third kappa shape index (κ3) is 8.09. The van der Waals surface area contributed by atoms with E-state index in [0.29, 0.717) is 0 Å². The van der Waals surface area contributed by atoms with Gasteiger partial charge in [0.2, 0.25) is 0 Å². The van der Waals surface area contributed by atoms with Gasteiger partial charge in [-0.2, -0.15) is 0 Å². The maximum atomic E-state index is 2.57. The Bertz CT molecular complexity index is 5380. The first kappa shape index (κ1) is 51.8. The minimum absolute atomic E-state index is 0.0449. The van der Waals surface area contributed by atoms with Crippen LogP contribution in [-0.2, 0) is 10.8 Å². The third-order valence-electron chi connectivity index (χ3n) is 19.2. The van der Waals surface area contributed by atoms with Gasteiger partial charge in [0.05, 0.1) is 22.1 Å². The predicted molar refractivity (Wildman–Crippen MR) is 379 cm³/mol. The van der Waals surface area contributed by atoms with Crippen molar-refractivity contribution in [2.45, 2.75) is 52.4 Å². The zero-order chi connectivity index (χ0) is 59.2. The lowest BCUT2D eigenvalue weighted by Gasteiger charge is -2.22. The molecule has 0 radical (unpaired) electrons. The van der Waals surface area contributed by atoms with Crippen molar-refractivity contribution < 1.29 is 0 Å². The average Bonchev–Trinajstić information content (AvgIpc) is 1.44. The van der Waals surface area contributed by atoms with Crippen LogP contribution in [-0.4, -0.2) is 9.13 Å². The van der Waals surface area contributed by atoms with Crippen molar-refractivity contribution in [1.82, 2.24) is 9.13 Å². The van der Waals surface area contributed by atoms with Gasteiger partial charge in [-0.05, 0) is 216 Å². The highest BCUT2D eigenvalue weighted by molar-refractivity contribution is 6.25. The molecule has 2 heteroatoms. The minimum atomic E-state index is 0.0449. The van der Waals surface area contributed by atoms with E-state index in [1.54, 1.807) is 0 Å². The van der Waals surface area contributed by atoms with Crippen LogP contribution in [0.5, 0.6) is 0 Å². The van der Waals surface area contributed by atoms with E-state index in [-0.39, 0.29) is 10.8 Å². The quantitative estimate of drug-likeness (QED) is 0.147. The van der Waals surface area contributed by atoms with E-state index < -0.39 is 0 Å². The van der Waals surface area contributed by atoms with Crippen LogP contribution in [0.2, 0.25) is 0 Å². The Morgan fingerprint density at radius 2 is 0.534 bits per heavy atom.